The number of hydrogen-bond acceptors (Lipinski definition) is 4. The smallest absolute Gasteiger partial charge is 0.232 e. The first-order valence-electron chi connectivity index (χ1n) is 10.2. The van der Waals surface area contributed by atoms with Crippen LogP contribution in [-0.2, 0) is 14.8 Å². The van der Waals surface area contributed by atoms with E-state index >= 15 is 0 Å². The van der Waals surface area contributed by atoms with E-state index in [0.717, 1.165) is 16.7 Å². The van der Waals surface area contributed by atoms with Crippen molar-refractivity contribution in [2.24, 2.45) is 0 Å². The summed E-state index contributed by atoms with van der Waals surface area (Å²) in [5.74, 6) is 0.595. The van der Waals surface area contributed by atoms with Crippen molar-refractivity contribution in [2.75, 3.05) is 23.7 Å². The molecule has 6 nitrogen and oxygen atoms in total. The van der Waals surface area contributed by atoms with E-state index in [1.807, 2.05) is 39.8 Å². The summed E-state index contributed by atoms with van der Waals surface area (Å²) in [6.07, 6.45) is 1.84. The second kappa shape index (κ2) is 10.5. The molecule has 0 aliphatic rings. The molecule has 1 amide bonds. The van der Waals surface area contributed by atoms with Gasteiger partial charge in [-0.3, -0.25) is 9.10 Å². The lowest BCUT2D eigenvalue weighted by molar-refractivity contribution is -0.121. The number of benzene rings is 2. The summed E-state index contributed by atoms with van der Waals surface area (Å²) in [4.78, 5) is 12.4. The molecule has 0 spiro atoms. The standard InChI is InChI=1S/C23H32N2O4S/c1-6-29-21-13-11-20(12-14-21)25(30(5,27)28)15-7-8-23(26)24-19(4)22-16-17(2)9-10-18(22)3/h9-14,16,19H,6-8,15H2,1-5H3,(H,24,26). The molecule has 164 valence electrons. The van der Waals surface area contributed by atoms with Crippen LogP contribution in [0.15, 0.2) is 42.5 Å². The van der Waals surface area contributed by atoms with E-state index < -0.39 is 10.0 Å². The van der Waals surface area contributed by atoms with Gasteiger partial charge in [-0.15, -0.1) is 0 Å². The van der Waals surface area contributed by atoms with E-state index in [9.17, 15) is 13.2 Å². The molecule has 30 heavy (non-hydrogen) atoms. The van der Waals surface area contributed by atoms with Crippen molar-refractivity contribution in [3.63, 3.8) is 0 Å². The molecule has 0 heterocycles. The fraction of sp³-hybridized carbons (Fsp3) is 0.435. The summed E-state index contributed by atoms with van der Waals surface area (Å²) in [6.45, 7) is 8.69. The van der Waals surface area contributed by atoms with Crippen LogP contribution in [0.4, 0.5) is 5.69 Å². The number of carbonyl (C=O) groups excluding carboxylic acids is 1. The summed E-state index contributed by atoms with van der Waals surface area (Å²) >= 11 is 0. The third-order valence-electron chi connectivity index (χ3n) is 4.88. The van der Waals surface area contributed by atoms with Crippen molar-refractivity contribution >= 4 is 21.6 Å². The van der Waals surface area contributed by atoms with E-state index in [1.165, 1.54) is 10.6 Å². The Morgan fingerprint density at radius 3 is 2.40 bits per heavy atom. The Labute approximate surface area is 180 Å². The predicted octanol–water partition coefficient (Wildman–Crippen LogP) is 4.13. The first-order valence-corrected chi connectivity index (χ1v) is 12.0. The minimum atomic E-state index is -3.46. The van der Waals surface area contributed by atoms with Gasteiger partial charge < -0.3 is 10.1 Å². The maximum absolute atomic E-state index is 12.4. The van der Waals surface area contributed by atoms with Crippen LogP contribution in [0, 0.1) is 13.8 Å². The van der Waals surface area contributed by atoms with Gasteiger partial charge in [0, 0.05) is 13.0 Å². The fourth-order valence-corrected chi connectivity index (χ4v) is 4.33. The average molecular weight is 433 g/mol. The molecule has 0 aliphatic heterocycles. The highest BCUT2D eigenvalue weighted by Crippen LogP contribution is 2.23. The lowest BCUT2D eigenvalue weighted by atomic mass is 10.00. The number of nitrogens with one attached hydrogen (secondary N) is 1. The Morgan fingerprint density at radius 1 is 1.13 bits per heavy atom. The predicted molar refractivity (Wildman–Crippen MR) is 122 cm³/mol. The fourth-order valence-electron chi connectivity index (χ4n) is 3.36. The van der Waals surface area contributed by atoms with Crippen LogP contribution in [0.5, 0.6) is 5.75 Å². The molecular weight excluding hydrogens is 400 g/mol. The third kappa shape index (κ3) is 6.76. The molecule has 0 saturated heterocycles. The van der Waals surface area contributed by atoms with Crippen LogP contribution in [0.25, 0.3) is 0 Å². The van der Waals surface area contributed by atoms with Crippen molar-refractivity contribution < 1.29 is 17.9 Å². The SMILES string of the molecule is CCOc1ccc(N(CCCC(=O)NC(C)c2cc(C)ccc2C)S(C)(=O)=O)cc1. The highest BCUT2D eigenvalue weighted by Gasteiger charge is 2.18. The number of carbonyl (C=O) groups is 1. The molecule has 2 rings (SSSR count). The summed E-state index contributed by atoms with van der Waals surface area (Å²) in [6, 6.07) is 13.0. The van der Waals surface area contributed by atoms with Crippen LogP contribution in [-0.4, -0.2) is 33.7 Å². The lowest BCUT2D eigenvalue weighted by Crippen LogP contribution is -2.32. The van der Waals surface area contributed by atoms with Gasteiger partial charge in [0.05, 0.1) is 24.6 Å². The zero-order valence-electron chi connectivity index (χ0n) is 18.4. The van der Waals surface area contributed by atoms with Crippen LogP contribution in [0.3, 0.4) is 0 Å². The van der Waals surface area contributed by atoms with Crippen molar-refractivity contribution in [1.29, 1.82) is 0 Å². The molecule has 7 heteroatoms. The number of anilines is 1. The minimum absolute atomic E-state index is 0.0939. The highest BCUT2D eigenvalue weighted by molar-refractivity contribution is 7.92. The molecule has 0 aliphatic carbocycles. The van der Waals surface area contributed by atoms with Gasteiger partial charge in [-0.25, -0.2) is 8.42 Å². The van der Waals surface area contributed by atoms with Gasteiger partial charge in [0.2, 0.25) is 15.9 Å². The summed E-state index contributed by atoms with van der Waals surface area (Å²) in [5.41, 5.74) is 3.93. The van der Waals surface area contributed by atoms with E-state index in [4.69, 9.17) is 4.74 Å². The summed E-state index contributed by atoms with van der Waals surface area (Å²) in [5, 5.41) is 3.01. The van der Waals surface area contributed by atoms with Gasteiger partial charge in [-0.05, 0) is 69.5 Å². The first-order chi connectivity index (χ1) is 14.1. The van der Waals surface area contributed by atoms with Crippen molar-refractivity contribution in [3.8, 4) is 5.75 Å². The summed E-state index contributed by atoms with van der Waals surface area (Å²) < 4.78 is 31.2. The molecule has 2 aromatic carbocycles. The third-order valence-corrected chi connectivity index (χ3v) is 6.07. The van der Waals surface area contributed by atoms with Gasteiger partial charge in [-0.2, -0.15) is 0 Å². The molecule has 0 saturated carbocycles. The minimum Gasteiger partial charge on any atom is -0.494 e. The van der Waals surface area contributed by atoms with E-state index in [0.29, 0.717) is 24.5 Å². The summed E-state index contributed by atoms with van der Waals surface area (Å²) in [7, 11) is -3.46. The number of nitrogens with zero attached hydrogens (tertiary/aromatic N) is 1. The topological polar surface area (TPSA) is 75.7 Å². The van der Waals surface area contributed by atoms with Crippen molar-refractivity contribution in [3.05, 3.63) is 59.2 Å². The molecule has 1 atom stereocenters. The Balaban J connectivity index is 1.96. The van der Waals surface area contributed by atoms with Crippen LogP contribution >= 0.6 is 0 Å². The second-order valence-electron chi connectivity index (χ2n) is 7.51. The van der Waals surface area contributed by atoms with E-state index in [2.05, 4.69) is 11.4 Å². The van der Waals surface area contributed by atoms with Crippen LogP contribution in [0.2, 0.25) is 0 Å². The zero-order valence-corrected chi connectivity index (χ0v) is 19.3. The molecule has 0 radical (unpaired) electrons. The normalized spacial score (nSPS) is 12.3. The average Bonchev–Trinajstić information content (AvgIpc) is 2.67. The Kier molecular flexibility index (Phi) is 8.29. The Bertz CT molecular complexity index is 956. The Hall–Kier alpha value is -2.54. The number of hydrogen-bond donors (Lipinski definition) is 1. The van der Waals surface area contributed by atoms with Gasteiger partial charge in [0.15, 0.2) is 0 Å². The number of ether oxygens (including phenoxy) is 1. The van der Waals surface area contributed by atoms with E-state index in [1.54, 1.807) is 24.3 Å². The van der Waals surface area contributed by atoms with Crippen LogP contribution < -0.4 is 14.4 Å². The first kappa shape index (κ1) is 23.7. The quantitative estimate of drug-likeness (QED) is 0.613. The molecular formula is C23H32N2O4S. The molecule has 1 N–H and O–H groups in total. The number of rotatable bonds is 10. The molecule has 0 bridgehead atoms. The lowest BCUT2D eigenvalue weighted by Gasteiger charge is -2.23. The molecule has 0 aromatic heterocycles. The molecule has 0 fully saturated rings. The van der Waals surface area contributed by atoms with Gasteiger partial charge in [0.1, 0.15) is 5.75 Å². The second-order valence-corrected chi connectivity index (χ2v) is 9.42. The van der Waals surface area contributed by atoms with Gasteiger partial charge in [-0.1, -0.05) is 23.8 Å². The van der Waals surface area contributed by atoms with Crippen molar-refractivity contribution in [1.82, 2.24) is 5.32 Å². The highest BCUT2D eigenvalue weighted by atomic mass is 32.2. The number of aryl methyl sites for hydroxylation is 2. The molecule has 1 unspecified atom stereocenters. The zero-order chi connectivity index (χ0) is 22.3. The van der Waals surface area contributed by atoms with Crippen LogP contribution in [0.1, 0.15) is 49.4 Å². The van der Waals surface area contributed by atoms with Crippen molar-refractivity contribution in [2.45, 2.75) is 46.6 Å². The number of amides is 1. The maximum Gasteiger partial charge on any atom is 0.232 e. The Morgan fingerprint density at radius 2 is 1.80 bits per heavy atom. The largest absolute Gasteiger partial charge is 0.494 e. The monoisotopic (exact) mass is 432 g/mol. The number of sulfonamides is 1. The molecule has 2 aromatic rings. The van der Waals surface area contributed by atoms with E-state index in [-0.39, 0.29) is 24.9 Å². The maximum atomic E-state index is 12.4. The van der Waals surface area contributed by atoms with Gasteiger partial charge in [0.25, 0.3) is 0 Å². The van der Waals surface area contributed by atoms with Gasteiger partial charge >= 0.3 is 0 Å².